The molecule has 224 valence electrons. The van der Waals surface area contributed by atoms with Gasteiger partial charge in [0.15, 0.2) is 10.2 Å². The van der Waals surface area contributed by atoms with E-state index in [0.717, 1.165) is 18.0 Å². The van der Waals surface area contributed by atoms with Gasteiger partial charge in [0.2, 0.25) is 0 Å². The molecule has 0 aliphatic rings. The molecule has 0 radical (unpaired) electrons. The third-order valence-electron chi connectivity index (χ3n) is 3.96. The van der Waals surface area contributed by atoms with E-state index in [-0.39, 0.29) is 28.9 Å². The van der Waals surface area contributed by atoms with Crippen LogP contribution in [-0.2, 0) is 33.4 Å². The second kappa shape index (κ2) is 18.7. The van der Waals surface area contributed by atoms with Gasteiger partial charge in [-0.1, -0.05) is 30.4 Å². The maximum Gasteiger partial charge on any atom is 0.407 e. The number of ether oxygens (including phenoxy) is 2. The fourth-order valence-electron chi connectivity index (χ4n) is 2.43. The maximum atomic E-state index is 11.7. The minimum absolute atomic E-state index is 0.000194. The van der Waals surface area contributed by atoms with Crippen LogP contribution in [0.25, 0.3) is 0 Å². The van der Waals surface area contributed by atoms with Crippen molar-refractivity contribution in [1.82, 2.24) is 10.6 Å². The molecule has 0 saturated heterocycles. The van der Waals surface area contributed by atoms with Crippen LogP contribution < -0.4 is 10.6 Å². The molecule has 0 aliphatic heterocycles. The molecular formula is C24H46N2O9S3. The summed E-state index contributed by atoms with van der Waals surface area (Å²) in [6.45, 7) is 15.6. The first-order valence-corrected chi connectivity index (χ1v) is 16.0. The van der Waals surface area contributed by atoms with Crippen LogP contribution in [0.15, 0.2) is 0 Å². The Labute approximate surface area is 236 Å². The number of nitrogens with one attached hydrogen (secondary N) is 2. The van der Waals surface area contributed by atoms with E-state index in [1.807, 2.05) is 6.92 Å². The summed E-state index contributed by atoms with van der Waals surface area (Å²) in [5, 5.41) is 5.46. The Bertz CT molecular complexity index is 851. The van der Waals surface area contributed by atoms with Gasteiger partial charge in [-0.25, -0.2) is 9.59 Å². The number of carbonyl (C=O) groups excluding carboxylic acids is 4. The number of alkyl carbamates (subject to hydrolysis) is 2. The molecule has 0 aromatic carbocycles. The lowest BCUT2D eigenvalue weighted by atomic mass is 10.1. The number of rotatable bonds is 12. The Balaban J connectivity index is 0. The summed E-state index contributed by atoms with van der Waals surface area (Å²) in [4.78, 5) is 45.1. The van der Waals surface area contributed by atoms with Crippen molar-refractivity contribution in [3.63, 3.8) is 0 Å². The van der Waals surface area contributed by atoms with E-state index >= 15 is 0 Å². The van der Waals surface area contributed by atoms with E-state index < -0.39 is 33.5 Å². The predicted octanol–water partition coefficient (Wildman–Crippen LogP) is 4.49. The van der Waals surface area contributed by atoms with Crippen LogP contribution in [-0.4, -0.2) is 78.5 Å². The average molecular weight is 603 g/mol. The highest BCUT2D eigenvalue weighted by Gasteiger charge is 2.21. The quantitative estimate of drug-likeness (QED) is 0.304. The number of hydrogen-bond donors (Lipinski definition) is 2. The van der Waals surface area contributed by atoms with Gasteiger partial charge in [0.05, 0.1) is 12.9 Å². The van der Waals surface area contributed by atoms with E-state index in [2.05, 4.69) is 14.8 Å². The van der Waals surface area contributed by atoms with Crippen LogP contribution in [0.4, 0.5) is 9.59 Å². The molecule has 0 saturated carbocycles. The van der Waals surface area contributed by atoms with Crippen molar-refractivity contribution in [3.8, 4) is 0 Å². The zero-order chi connectivity index (χ0) is 30.2. The second-order valence-corrected chi connectivity index (χ2v) is 14.5. The van der Waals surface area contributed by atoms with Crippen LogP contribution in [0.5, 0.6) is 0 Å². The van der Waals surface area contributed by atoms with Gasteiger partial charge in [-0.3, -0.25) is 13.8 Å². The molecule has 0 aromatic heterocycles. The highest BCUT2D eigenvalue weighted by Crippen LogP contribution is 2.13. The number of hydrogen-bond acceptors (Lipinski definition) is 11. The van der Waals surface area contributed by atoms with Gasteiger partial charge >= 0.3 is 12.2 Å². The first-order chi connectivity index (χ1) is 17.1. The summed E-state index contributed by atoms with van der Waals surface area (Å²) in [7, 11) is -3.43. The summed E-state index contributed by atoms with van der Waals surface area (Å²) in [6, 6.07) is -0.354. The Morgan fingerprint density at radius 1 is 0.789 bits per heavy atom. The Hall–Kier alpha value is -1.51. The summed E-state index contributed by atoms with van der Waals surface area (Å²) in [5.74, 6) is 1.08. The first-order valence-electron chi connectivity index (χ1n) is 12.2. The minimum Gasteiger partial charge on any atom is -0.444 e. The van der Waals surface area contributed by atoms with Crippen molar-refractivity contribution in [2.24, 2.45) is 0 Å². The summed E-state index contributed by atoms with van der Waals surface area (Å²) in [6.07, 6.45) is 1.70. The van der Waals surface area contributed by atoms with Crippen molar-refractivity contribution in [1.29, 1.82) is 0 Å². The van der Waals surface area contributed by atoms with Gasteiger partial charge in [0, 0.05) is 37.4 Å². The molecule has 0 bridgehead atoms. The summed E-state index contributed by atoms with van der Waals surface area (Å²) >= 11 is 2.36. The van der Waals surface area contributed by atoms with Crippen LogP contribution in [0.1, 0.15) is 81.6 Å². The van der Waals surface area contributed by atoms with E-state index in [0.29, 0.717) is 30.8 Å². The zero-order valence-corrected chi connectivity index (χ0v) is 26.7. The van der Waals surface area contributed by atoms with Crippen LogP contribution in [0, 0.1) is 0 Å². The highest BCUT2D eigenvalue weighted by molar-refractivity contribution is 8.13. The van der Waals surface area contributed by atoms with Gasteiger partial charge in [0.25, 0.3) is 10.1 Å². The largest absolute Gasteiger partial charge is 0.444 e. The Kier molecular flexibility index (Phi) is 19.0. The molecule has 2 N–H and O–H groups in total. The molecule has 38 heavy (non-hydrogen) atoms. The van der Waals surface area contributed by atoms with Gasteiger partial charge in [-0.05, 0) is 60.8 Å². The fourth-order valence-corrected chi connectivity index (χ4v) is 4.20. The average Bonchev–Trinajstić information content (AvgIpc) is 2.67. The Morgan fingerprint density at radius 3 is 1.61 bits per heavy atom. The molecule has 0 aliphatic carbocycles. The van der Waals surface area contributed by atoms with Crippen molar-refractivity contribution in [3.05, 3.63) is 0 Å². The highest BCUT2D eigenvalue weighted by atomic mass is 32.2. The number of thioether (sulfide) groups is 2. The monoisotopic (exact) mass is 602 g/mol. The lowest BCUT2D eigenvalue weighted by molar-refractivity contribution is -0.109. The van der Waals surface area contributed by atoms with Crippen LogP contribution >= 0.6 is 23.5 Å². The molecule has 0 aromatic rings. The predicted molar refractivity (Wildman–Crippen MR) is 153 cm³/mol. The van der Waals surface area contributed by atoms with E-state index in [1.54, 1.807) is 41.5 Å². The lowest BCUT2D eigenvalue weighted by Gasteiger charge is -2.23. The van der Waals surface area contributed by atoms with Crippen molar-refractivity contribution >= 4 is 56.1 Å². The number of carbonyl (C=O) groups is 4. The standard InChI is InChI=1S/C13H23NO4S2.C11H23NO5S/c1-9(15)19-7-6-11(8-20-10(2)16)14-12(17)18-13(3,4)5;1-6-9(7-8-16-18(5,14)15)12-10(13)17-11(2,3)4/h11H,6-8H2,1-5H3,(H,14,17);9H,6-8H2,1-5H3,(H,12,13)/t11-;9-/m01/s1. The number of amides is 2. The molecule has 11 nitrogen and oxygen atoms in total. The minimum atomic E-state index is -3.43. The van der Waals surface area contributed by atoms with Gasteiger partial charge in [-0.15, -0.1) is 0 Å². The smallest absolute Gasteiger partial charge is 0.407 e. The molecule has 0 rings (SSSR count). The molecular weight excluding hydrogens is 556 g/mol. The first kappa shape index (κ1) is 38.6. The molecule has 0 spiro atoms. The molecule has 0 unspecified atom stereocenters. The fraction of sp³-hybridized carbons (Fsp3) is 0.833. The third-order valence-corrected chi connectivity index (χ3v) is 6.37. The molecule has 14 heteroatoms. The summed E-state index contributed by atoms with van der Waals surface area (Å²) in [5.41, 5.74) is -1.11. The van der Waals surface area contributed by atoms with Crippen LogP contribution in [0.3, 0.4) is 0 Å². The molecule has 2 atom stereocenters. The Morgan fingerprint density at radius 2 is 1.24 bits per heavy atom. The molecule has 0 heterocycles. The van der Waals surface area contributed by atoms with Crippen molar-refractivity contribution in [2.45, 2.75) is 105 Å². The van der Waals surface area contributed by atoms with Crippen molar-refractivity contribution in [2.75, 3.05) is 24.4 Å². The van der Waals surface area contributed by atoms with Crippen LogP contribution in [0.2, 0.25) is 0 Å². The maximum absolute atomic E-state index is 11.7. The van der Waals surface area contributed by atoms with Gasteiger partial charge in [0.1, 0.15) is 11.2 Å². The van der Waals surface area contributed by atoms with Gasteiger partial charge in [-0.2, -0.15) is 8.42 Å². The lowest BCUT2D eigenvalue weighted by Crippen LogP contribution is -2.41. The second-order valence-electron chi connectivity index (χ2n) is 10.3. The third kappa shape index (κ3) is 29.1. The SMILES string of the molecule is CC(=O)SCC[C@@H](CSC(C)=O)NC(=O)OC(C)(C)C.CC[C@H](CCOS(C)(=O)=O)NC(=O)OC(C)(C)C. The zero-order valence-electron chi connectivity index (χ0n) is 24.3. The summed E-state index contributed by atoms with van der Waals surface area (Å²) < 4.78 is 36.5. The van der Waals surface area contributed by atoms with E-state index in [1.165, 1.54) is 25.6 Å². The normalized spacial score (nSPS) is 13.3. The topological polar surface area (TPSA) is 154 Å². The molecule has 0 fully saturated rings. The van der Waals surface area contributed by atoms with Gasteiger partial charge < -0.3 is 20.1 Å². The van der Waals surface area contributed by atoms with Crippen molar-refractivity contribution < 1.29 is 41.3 Å². The van der Waals surface area contributed by atoms with E-state index in [4.69, 9.17) is 9.47 Å². The van der Waals surface area contributed by atoms with E-state index in [9.17, 15) is 27.6 Å². The molecule has 2 amide bonds.